The first kappa shape index (κ1) is 27.8. The quantitative estimate of drug-likeness (QED) is 0.405. The SMILES string of the molecule is CCC(C)(C(=O)OC)C(F)(F)F.OC(CC1(F)CC2CCC1C2)(C(F)(F)F)C(F)(F)F. The second-order valence-corrected chi connectivity index (χ2v) is 8.32. The molecule has 13 heteroatoms. The maximum atomic E-state index is 14.4. The third-order valence-electron chi connectivity index (χ3n) is 6.36. The van der Waals surface area contributed by atoms with E-state index in [0.717, 1.165) is 14.0 Å². The van der Waals surface area contributed by atoms with Gasteiger partial charge >= 0.3 is 24.5 Å². The third kappa shape index (κ3) is 5.22. The zero-order chi connectivity index (χ0) is 24.7. The summed E-state index contributed by atoms with van der Waals surface area (Å²) in [6.45, 7) is 2.13. The first-order chi connectivity index (χ1) is 13.7. The zero-order valence-electron chi connectivity index (χ0n) is 16.9. The molecule has 0 amide bonds. The van der Waals surface area contributed by atoms with Gasteiger partial charge in [0.05, 0.1) is 7.11 Å². The molecule has 0 aromatic carbocycles. The summed E-state index contributed by atoms with van der Waals surface area (Å²) in [6.07, 6.45) is -17.8. The minimum absolute atomic E-state index is 0.166. The van der Waals surface area contributed by atoms with Gasteiger partial charge in [-0.3, -0.25) is 4.79 Å². The molecule has 0 aromatic heterocycles. The second kappa shape index (κ2) is 8.58. The molecule has 2 bridgehead atoms. The van der Waals surface area contributed by atoms with Crippen LogP contribution in [-0.2, 0) is 9.53 Å². The molecule has 0 aromatic rings. The van der Waals surface area contributed by atoms with Crippen molar-refractivity contribution in [2.45, 2.75) is 82.2 Å². The number of fused-ring (bicyclic) bond motifs is 2. The monoisotopic (exact) mass is 478 g/mol. The van der Waals surface area contributed by atoms with Crippen LogP contribution in [0.4, 0.5) is 43.9 Å². The first-order valence-electron chi connectivity index (χ1n) is 9.38. The van der Waals surface area contributed by atoms with Gasteiger partial charge in [-0.2, -0.15) is 39.5 Å². The molecule has 0 aliphatic heterocycles. The number of methoxy groups -OCH3 is 1. The van der Waals surface area contributed by atoms with Crippen molar-refractivity contribution in [3.63, 3.8) is 0 Å². The van der Waals surface area contributed by atoms with Crippen LogP contribution >= 0.6 is 0 Å². The molecule has 2 aliphatic rings. The molecular weight excluding hydrogens is 454 g/mol. The van der Waals surface area contributed by atoms with Gasteiger partial charge in [-0.15, -0.1) is 0 Å². The Labute approximate surface area is 172 Å². The van der Waals surface area contributed by atoms with Crippen LogP contribution in [0.2, 0.25) is 0 Å². The van der Waals surface area contributed by atoms with E-state index in [1.54, 1.807) is 0 Å². The van der Waals surface area contributed by atoms with Crippen molar-refractivity contribution < 1.29 is 58.5 Å². The highest BCUT2D eigenvalue weighted by Gasteiger charge is 2.73. The van der Waals surface area contributed by atoms with E-state index in [2.05, 4.69) is 4.74 Å². The molecule has 184 valence electrons. The van der Waals surface area contributed by atoms with Gasteiger partial charge in [0, 0.05) is 6.42 Å². The van der Waals surface area contributed by atoms with E-state index in [4.69, 9.17) is 5.11 Å². The normalized spacial score (nSPS) is 28.6. The Kier molecular flexibility index (Phi) is 7.69. The van der Waals surface area contributed by atoms with Crippen LogP contribution in [-0.4, -0.2) is 48.0 Å². The fraction of sp³-hybridized carbons (Fsp3) is 0.944. The highest BCUT2D eigenvalue weighted by atomic mass is 19.4. The lowest BCUT2D eigenvalue weighted by Gasteiger charge is -2.39. The van der Waals surface area contributed by atoms with E-state index in [1.165, 1.54) is 6.92 Å². The Hall–Kier alpha value is -1.27. The van der Waals surface area contributed by atoms with E-state index in [1.807, 2.05) is 0 Å². The number of ether oxygens (including phenoxy) is 1. The van der Waals surface area contributed by atoms with E-state index in [0.29, 0.717) is 12.8 Å². The molecule has 2 fully saturated rings. The fourth-order valence-electron chi connectivity index (χ4n) is 4.07. The van der Waals surface area contributed by atoms with Crippen LogP contribution < -0.4 is 0 Å². The molecule has 2 rings (SSSR count). The van der Waals surface area contributed by atoms with Gasteiger partial charge in [-0.25, -0.2) is 4.39 Å². The fourth-order valence-corrected chi connectivity index (χ4v) is 4.07. The van der Waals surface area contributed by atoms with Crippen molar-refractivity contribution >= 4 is 5.97 Å². The topological polar surface area (TPSA) is 46.5 Å². The van der Waals surface area contributed by atoms with E-state index < -0.39 is 53.5 Å². The molecule has 4 unspecified atom stereocenters. The predicted molar refractivity (Wildman–Crippen MR) is 87.4 cm³/mol. The molecule has 31 heavy (non-hydrogen) atoms. The van der Waals surface area contributed by atoms with Crippen LogP contribution in [0.15, 0.2) is 0 Å². The lowest BCUT2D eigenvalue weighted by atomic mass is 9.77. The van der Waals surface area contributed by atoms with Gasteiger partial charge in [0.2, 0.25) is 0 Å². The summed E-state index contributed by atoms with van der Waals surface area (Å²) in [5, 5.41) is 9.05. The number of hydrogen-bond acceptors (Lipinski definition) is 3. The average molecular weight is 478 g/mol. The molecular formula is C18H24F10O3. The Morgan fingerprint density at radius 3 is 1.71 bits per heavy atom. The Bertz CT molecular complexity index is 628. The minimum atomic E-state index is -5.94. The van der Waals surface area contributed by atoms with Gasteiger partial charge in [-0.05, 0) is 50.9 Å². The first-order valence-corrected chi connectivity index (χ1v) is 9.38. The third-order valence-corrected chi connectivity index (χ3v) is 6.36. The van der Waals surface area contributed by atoms with Gasteiger partial charge in [0.15, 0.2) is 5.41 Å². The zero-order valence-corrected chi connectivity index (χ0v) is 16.9. The summed E-state index contributed by atoms with van der Waals surface area (Å²) in [7, 11) is 0.946. The van der Waals surface area contributed by atoms with E-state index in [-0.39, 0.29) is 25.2 Å². The van der Waals surface area contributed by atoms with Crippen molar-refractivity contribution in [1.29, 1.82) is 0 Å². The maximum absolute atomic E-state index is 14.4. The van der Waals surface area contributed by atoms with Crippen molar-refractivity contribution in [2.75, 3.05) is 7.11 Å². The van der Waals surface area contributed by atoms with Crippen molar-refractivity contribution in [3.8, 4) is 0 Å². The molecule has 3 nitrogen and oxygen atoms in total. The highest BCUT2D eigenvalue weighted by molar-refractivity contribution is 5.77. The molecule has 2 saturated carbocycles. The largest absolute Gasteiger partial charge is 0.468 e. The van der Waals surface area contributed by atoms with Gasteiger partial charge in [-0.1, -0.05) is 6.92 Å². The number of carbonyl (C=O) groups excluding carboxylic acids is 1. The molecule has 0 spiro atoms. The van der Waals surface area contributed by atoms with Gasteiger partial charge < -0.3 is 9.84 Å². The van der Waals surface area contributed by atoms with Gasteiger partial charge in [0.1, 0.15) is 5.67 Å². The maximum Gasteiger partial charge on any atom is 0.426 e. The van der Waals surface area contributed by atoms with Crippen molar-refractivity contribution in [1.82, 2.24) is 0 Å². The number of esters is 1. The highest BCUT2D eigenvalue weighted by Crippen LogP contribution is 2.59. The van der Waals surface area contributed by atoms with Gasteiger partial charge in [0.25, 0.3) is 5.60 Å². The van der Waals surface area contributed by atoms with Crippen molar-refractivity contribution in [2.24, 2.45) is 17.3 Å². The number of hydrogen-bond donors (Lipinski definition) is 1. The second-order valence-electron chi connectivity index (χ2n) is 8.32. The lowest BCUT2D eigenvalue weighted by molar-refractivity contribution is -0.377. The molecule has 0 radical (unpaired) electrons. The number of aliphatic hydroxyl groups is 1. The molecule has 0 saturated heterocycles. The standard InChI is InChI=1S/C11H13F7O.C7H11F3O2/c12-8(4-6-1-2-7(8)3-6)5-9(19,10(13,14)15)11(16,17)18;1-4-6(2,5(11)12-3)7(8,9)10/h6-7,19H,1-5H2;4H2,1-3H3. The van der Waals surface area contributed by atoms with Crippen molar-refractivity contribution in [3.05, 3.63) is 0 Å². The Morgan fingerprint density at radius 2 is 1.48 bits per heavy atom. The molecule has 2 aliphatic carbocycles. The summed E-state index contributed by atoms with van der Waals surface area (Å²) in [5.41, 5.74) is -9.93. The summed E-state index contributed by atoms with van der Waals surface area (Å²) in [4.78, 5) is 10.8. The predicted octanol–water partition coefficient (Wildman–Crippen LogP) is 5.90. The lowest BCUT2D eigenvalue weighted by Crippen LogP contribution is -2.60. The van der Waals surface area contributed by atoms with Crippen LogP contribution in [0.1, 0.15) is 52.4 Å². The molecule has 0 heterocycles. The number of alkyl halides is 10. The van der Waals surface area contributed by atoms with E-state index in [9.17, 15) is 48.7 Å². The molecule has 1 N–H and O–H groups in total. The summed E-state index contributed by atoms with van der Waals surface area (Å²) in [5.74, 6) is -2.22. The number of halogens is 10. The molecule has 4 atom stereocenters. The average Bonchev–Trinajstić information content (AvgIpc) is 3.18. The smallest absolute Gasteiger partial charge is 0.426 e. The summed E-state index contributed by atoms with van der Waals surface area (Å²) in [6, 6.07) is 0. The van der Waals surface area contributed by atoms with E-state index >= 15 is 0 Å². The number of carbonyl (C=O) groups is 1. The Balaban J connectivity index is 0.000000348. The summed E-state index contributed by atoms with van der Waals surface area (Å²) >= 11 is 0. The van der Waals surface area contributed by atoms with Crippen LogP contribution in [0.25, 0.3) is 0 Å². The van der Waals surface area contributed by atoms with Crippen LogP contribution in [0.5, 0.6) is 0 Å². The van der Waals surface area contributed by atoms with Crippen LogP contribution in [0, 0.1) is 17.3 Å². The Morgan fingerprint density at radius 1 is 1.00 bits per heavy atom. The van der Waals surface area contributed by atoms with Crippen LogP contribution in [0.3, 0.4) is 0 Å². The summed E-state index contributed by atoms with van der Waals surface area (Å²) < 4.78 is 130. The number of rotatable bonds is 4. The minimum Gasteiger partial charge on any atom is -0.468 e.